The van der Waals surface area contributed by atoms with Gasteiger partial charge in [-0.25, -0.2) is 0 Å². The molecule has 0 fully saturated rings. The number of rotatable bonds is 3. The van der Waals surface area contributed by atoms with Crippen molar-refractivity contribution in [3.63, 3.8) is 0 Å². The van der Waals surface area contributed by atoms with Crippen LogP contribution in [-0.4, -0.2) is 14.2 Å². The third kappa shape index (κ3) is 3.34. The Morgan fingerprint density at radius 2 is 1.59 bits per heavy atom. The van der Waals surface area contributed by atoms with Crippen molar-refractivity contribution < 1.29 is 20.1 Å². The summed E-state index contributed by atoms with van der Waals surface area (Å²) < 4.78 is 4.26. The molecule has 6 rings (SSSR count). The summed E-state index contributed by atoms with van der Waals surface area (Å²) in [5, 5.41) is 8.65. The normalized spacial score (nSPS) is 11.3. The van der Waals surface area contributed by atoms with E-state index in [0.717, 1.165) is 27.8 Å². The number of nitrogens with zero attached hydrogens (tertiary/aromatic N) is 3. The Kier molecular flexibility index (Phi) is 5.51. The summed E-state index contributed by atoms with van der Waals surface area (Å²) in [6.07, 6.45) is 1.88. The second-order valence-electron chi connectivity index (χ2n) is 8.73. The van der Waals surface area contributed by atoms with Gasteiger partial charge in [-0.2, -0.15) is 29.4 Å². The molecule has 0 amide bonds. The van der Waals surface area contributed by atoms with E-state index in [1.165, 1.54) is 38.9 Å². The van der Waals surface area contributed by atoms with Gasteiger partial charge in [0.25, 0.3) is 0 Å². The molecule has 169 valence electrons. The van der Waals surface area contributed by atoms with Gasteiger partial charge < -0.3 is 4.57 Å². The second-order valence-corrected chi connectivity index (χ2v) is 8.73. The quantitative estimate of drug-likeness (QED) is 0.149. The van der Waals surface area contributed by atoms with Crippen molar-refractivity contribution >= 4 is 33.3 Å². The van der Waals surface area contributed by atoms with Crippen LogP contribution in [-0.2, 0) is 20.1 Å². The largest absolute Gasteiger partial charge is 0.302 e. The first-order chi connectivity index (χ1) is 16.0. The van der Waals surface area contributed by atoms with Crippen molar-refractivity contribution in [2.75, 3.05) is 0 Å². The summed E-state index contributed by atoms with van der Waals surface area (Å²) in [7, 11) is 0. The van der Waals surface area contributed by atoms with Crippen LogP contribution in [0.2, 0.25) is 0 Å². The van der Waals surface area contributed by atoms with E-state index in [9.17, 15) is 0 Å². The van der Waals surface area contributed by atoms with Crippen molar-refractivity contribution in [3.05, 3.63) is 108 Å². The van der Waals surface area contributed by atoms with Crippen LogP contribution in [0.25, 0.3) is 50.2 Å². The van der Waals surface area contributed by atoms with E-state index in [0.29, 0.717) is 0 Å². The van der Waals surface area contributed by atoms with E-state index in [-0.39, 0.29) is 20.1 Å². The van der Waals surface area contributed by atoms with Crippen LogP contribution < -0.4 is 0 Å². The zero-order chi connectivity index (χ0) is 22.7. The van der Waals surface area contributed by atoms with Gasteiger partial charge >= 0.3 is 0 Å². The maximum Gasteiger partial charge on any atom is 0.160 e. The summed E-state index contributed by atoms with van der Waals surface area (Å²) in [4.78, 5) is 0. The van der Waals surface area contributed by atoms with Crippen LogP contribution in [0.1, 0.15) is 22.5 Å². The molecular formula is C30H24IrN3-. The summed E-state index contributed by atoms with van der Waals surface area (Å²) in [6.45, 7) is 10.3. The molecule has 4 heteroatoms. The molecule has 3 nitrogen and oxygen atoms in total. The van der Waals surface area contributed by atoms with E-state index in [4.69, 9.17) is 5.10 Å². The van der Waals surface area contributed by atoms with E-state index in [1.807, 2.05) is 12.1 Å². The van der Waals surface area contributed by atoms with Gasteiger partial charge in [0.05, 0.1) is 5.52 Å². The van der Waals surface area contributed by atoms with E-state index in [2.05, 4.69) is 109 Å². The monoisotopic (exact) mass is 619 g/mol. The average Bonchev–Trinajstić information content (AvgIpc) is 3.41. The van der Waals surface area contributed by atoms with Crippen molar-refractivity contribution in [1.82, 2.24) is 14.2 Å². The Morgan fingerprint density at radius 3 is 2.29 bits per heavy atom. The number of aromatic nitrogens is 3. The molecule has 3 aromatic carbocycles. The molecular weight excluding hydrogens is 595 g/mol. The van der Waals surface area contributed by atoms with Gasteiger partial charge in [0, 0.05) is 37.6 Å². The predicted molar refractivity (Wildman–Crippen MR) is 138 cm³/mol. The molecule has 3 aromatic heterocycles. The first kappa shape index (κ1) is 22.3. The third-order valence-electron chi connectivity index (χ3n) is 6.60. The van der Waals surface area contributed by atoms with Crippen molar-refractivity contribution in [2.45, 2.75) is 20.8 Å². The average molecular weight is 619 g/mol. The Bertz CT molecular complexity index is 1680. The molecule has 0 spiro atoms. The maximum atomic E-state index is 5.03. The van der Waals surface area contributed by atoms with Gasteiger partial charge in [0.15, 0.2) is 5.82 Å². The Hall–Kier alpha value is -3.46. The van der Waals surface area contributed by atoms with Gasteiger partial charge in [-0.1, -0.05) is 54.4 Å². The summed E-state index contributed by atoms with van der Waals surface area (Å²) >= 11 is 0. The topological polar surface area (TPSA) is 22.2 Å². The maximum absolute atomic E-state index is 5.03. The van der Waals surface area contributed by atoms with Crippen LogP contribution >= 0.6 is 0 Å². The molecule has 0 unspecified atom stereocenters. The van der Waals surface area contributed by atoms with Gasteiger partial charge in [-0.3, -0.25) is 4.52 Å². The summed E-state index contributed by atoms with van der Waals surface area (Å²) in [5.74, 6) is 0.935. The predicted octanol–water partition coefficient (Wildman–Crippen LogP) is 7.46. The number of benzene rings is 3. The van der Waals surface area contributed by atoms with E-state index < -0.39 is 0 Å². The number of para-hydroxylation sites is 1. The number of hydrogen-bond donors (Lipinski definition) is 0. The first-order valence-electron chi connectivity index (χ1n) is 11.2. The first-order valence-corrected chi connectivity index (χ1v) is 11.2. The van der Waals surface area contributed by atoms with Gasteiger partial charge in [0.2, 0.25) is 0 Å². The number of pyridine rings is 1. The Morgan fingerprint density at radius 1 is 0.853 bits per heavy atom. The zero-order valence-corrected chi connectivity index (χ0v) is 21.8. The fourth-order valence-electron chi connectivity index (χ4n) is 4.99. The SMILES string of the molecule is C=Cc1ccc(-c2cc(C)c3c(c2)c2ccc[c-]c2n2nc(-n4c(C)ccc4C)cc32)cc1.[Ir]. The molecule has 0 aliphatic rings. The van der Waals surface area contributed by atoms with Gasteiger partial charge in [0.1, 0.15) is 0 Å². The molecule has 0 saturated heterocycles. The molecule has 3 heterocycles. The summed E-state index contributed by atoms with van der Waals surface area (Å²) in [6, 6.07) is 29.3. The van der Waals surface area contributed by atoms with Crippen LogP contribution in [0.4, 0.5) is 0 Å². The summed E-state index contributed by atoms with van der Waals surface area (Å²) in [5.41, 5.74) is 9.22. The number of fused-ring (bicyclic) bond motifs is 6. The molecule has 1 radical (unpaired) electrons. The van der Waals surface area contributed by atoms with Crippen molar-refractivity contribution in [3.8, 4) is 16.9 Å². The molecule has 34 heavy (non-hydrogen) atoms. The molecule has 0 atom stereocenters. The van der Waals surface area contributed by atoms with Crippen LogP contribution in [0.5, 0.6) is 0 Å². The minimum Gasteiger partial charge on any atom is -0.302 e. The minimum absolute atomic E-state index is 0. The Balaban J connectivity index is 0.00000241. The fraction of sp³-hybridized carbons (Fsp3) is 0.100. The molecule has 0 aliphatic carbocycles. The smallest absolute Gasteiger partial charge is 0.160 e. The Labute approximate surface area is 212 Å². The molecule has 6 aromatic rings. The van der Waals surface area contributed by atoms with Crippen molar-refractivity contribution in [2.24, 2.45) is 0 Å². The number of aryl methyl sites for hydroxylation is 3. The molecule has 0 aliphatic heterocycles. The van der Waals surface area contributed by atoms with E-state index in [1.54, 1.807) is 0 Å². The number of hydrogen-bond acceptors (Lipinski definition) is 1. The van der Waals surface area contributed by atoms with Gasteiger partial charge in [-0.05, 0) is 66.1 Å². The van der Waals surface area contributed by atoms with Crippen LogP contribution in [0.15, 0.2) is 79.4 Å². The van der Waals surface area contributed by atoms with Crippen LogP contribution in [0, 0.1) is 26.8 Å². The third-order valence-corrected chi connectivity index (χ3v) is 6.60. The zero-order valence-electron chi connectivity index (χ0n) is 19.4. The standard InChI is InChI=1S/C30H24N3.Ir/c1-5-22-12-14-23(15-13-22)24-16-19(2)30-26(17-24)25-8-6-7-9-27(25)33-28(30)18-29(31-33)32-20(3)10-11-21(32)4;/h5-8,10-18H,1H2,2-4H3;/q-1;. The fourth-order valence-corrected chi connectivity index (χ4v) is 4.99. The molecule has 0 saturated carbocycles. The minimum atomic E-state index is 0. The van der Waals surface area contributed by atoms with Crippen molar-refractivity contribution in [1.29, 1.82) is 0 Å². The van der Waals surface area contributed by atoms with E-state index >= 15 is 0 Å². The molecule has 0 N–H and O–H groups in total. The van der Waals surface area contributed by atoms with Gasteiger partial charge in [-0.15, -0.1) is 5.39 Å². The van der Waals surface area contributed by atoms with Crippen LogP contribution in [0.3, 0.4) is 0 Å². The second kappa shape index (κ2) is 8.39. The molecule has 0 bridgehead atoms.